The van der Waals surface area contributed by atoms with Crippen LogP contribution in [0.3, 0.4) is 0 Å². The van der Waals surface area contributed by atoms with Gasteiger partial charge in [0, 0.05) is 30.0 Å². The SMILES string of the molecule is COc1cccc2ccc(N3CCC(c4nc(-c5ccc(OC(F)(F)F)cc5)no4)CC3)nc12. The smallest absolute Gasteiger partial charge is 0.494 e. The molecule has 10 heteroatoms. The molecule has 0 saturated carbocycles. The number of hydrogen-bond acceptors (Lipinski definition) is 7. The van der Waals surface area contributed by atoms with E-state index in [4.69, 9.17) is 14.2 Å². The lowest BCUT2D eigenvalue weighted by Gasteiger charge is -2.31. The number of anilines is 1. The van der Waals surface area contributed by atoms with Gasteiger partial charge in [-0.1, -0.05) is 17.3 Å². The maximum absolute atomic E-state index is 12.3. The number of methoxy groups -OCH3 is 1. The highest BCUT2D eigenvalue weighted by Gasteiger charge is 2.31. The van der Waals surface area contributed by atoms with Gasteiger partial charge in [-0.25, -0.2) is 4.98 Å². The van der Waals surface area contributed by atoms with E-state index in [0.717, 1.165) is 48.4 Å². The fraction of sp³-hybridized carbons (Fsp3) is 0.292. The zero-order chi connectivity index (χ0) is 23.7. The Hall–Kier alpha value is -3.82. The van der Waals surface area contributed by atoms with E-state index >= 15 is 0 Å². The van der Waals surface area contributed by atoms with Gasteiger partial charge in [0.2, 0.25) is 11.7 Å². The molecule has 1 aliphatic heterocycles. The third-order valence-electron chi connectivity index (χ3n) is 5.84. The molecule has 2 aromatic carbocycles. The zero-order valence-corrected chi connectivity index (χ0v) is 18.2. The first-order valence-electron chi connectivity index (χ1n) is 10.8. The highest BCUT2D eigenvalue weighted by atomic mass is 19.4. The van der Waals surface area contributed by atoms with Crippen LogP contribution in [0, 0.1) is 0 Å². The molecular weight excluding hydrogens is 449 g/mol. The molecule has 34 heavy (non-hydrogen) atoms. The molecule has 4 aromatic rings. The van der Waals surface area contributed by atoms with Crippen molar-refractivity contribution in [3.8, 4) is 22.9 Å². The normalized spacial score (nSPS) is 15.0. The van der Waals surface area contributed by atoms with Crippen molar-refractivity contribution in [2.45, 2.75) is 25.1 Å². The number of para-hydroxylation sites is 1. The number of rotatable bonds is 5. The Morgan fingerprint density at radius 3 is 2.44 bits per heavy atom. The molecule has 0 aliphatic carbocycles. The summed E-state index contributed by atoms with van der Waals surface area (Å²) in [6.45, 7) is 1.55. The lowest BCUT2D eigenvalue weighted by molar-refractivity contribution is -0.274. The molecule has 176 valence electrons. The van der Waals surface area contributed by atoms with E-state index in [1.54, 1.807) is 7.11 Å². The summed E-state index contributed by atoms with van der Waals surface area (Å²) in [5, 5.41) is 5.03. The maximum Gasteiger partial charge on any atom is 0.573 e. The van der Waals surface area contributed by atoms with Crippen LogP contribution in [0.2, 0.25) is 0 Å². The number of ether oxygens (including phenoxy) is 2. The highest BCUT2D eigenvalue weighted by molar-refractivity contribution is 5.86. The van der Waals surface area contributed by atoms with Crippen LogP contribution in [-0.4, -0.2) is 41.7 Å². The van der Waals surface area contributed by atoms with Gasteiger partial charge in [0.1, 0.15) is 22.8 Å². The van der Waals surface area contributed by atoms with Crippen LogP contribution in [0.4, 0.5) is 19.0 Å². The predicted octanol–water partition coefficient (Wildman–Crippen LogP) is 5.58. The van der Waals surface area contributed by atoms with E-state index in [1.165, 1.54) is 24.3 Å². The van der Waals surface area contributed by atoms with E-state index in [0.29, 0.717) is 17.3 Å². The van der Waals surface area contributed by atoms with Crippen LogP contribution in [-0.2, 0) is 0 Å². The van der Waals surface area contributed by atoms with Gasteiger partial charge in [-0.15, -0.1) is 13.2 Å². The fourth-order valence-corrected chi connectivity index (χ4v) is 4.13. The molecule has 3 heterocycles. The van der Waals surface area contributed by atoms with Crippen molar-refractivity contribution < 1.29 is 27.2 Å². The van der Waals surface area contributed by atoms with Gasteiger partial charge in [0.25, 0.3) is 0 Å². The van der Waals surface area contributed by atoms with Crippen molar-refractivity contribution in [2.24, 2.45) is 0 Å². The molecule has 0 spiro atoms. The average molecular weight is 470 g/mol. The van der Waals surface area contributed by atoms with Crippen LogP contribution < -0.4 is 14.4 Å². The quantitative estimate of drug-likeness (QED) is 0.377. The topological polar surface area (TPSA) is 73.5 Å². The van der Waals surface area contributed by atoms with Gasteiger partial charge in [-0.3, -0.25) is 0 Å². The van der Waals surface area contributed by atoms with Crippen molar-refractivity contribution in [1.82, 2.24) is 15.1 Å². The van der Waals surface area contributed by atoms with Gasteiger partial charge in [0.15, 0.2) is 0 Å². The number of halogens is 3. The Kier molecular flexibility index (Phi) is 5.72. The molecule has 7 nitrogen and oxygen atoms in total. The van der Waals surface area contributed by atoms with Gasteiger partial charge in [0.05, 0.1) is 7.11 Å². The molecule has 0 atom stereocenters. The third kappa shape index (κ3) is 4.61. The largest absolute Gasteiger partial charge is 0.573 e. The first kappa shape index (κ1) is 22.0. The minimum atomic E-state index is -4.73. The molecule has 0 N–H and O–H groups in total. The summed E-state index contributed by atoms with van der Waals surface area (Å²) in [6.07, 6.45) is -3.11. The predicted molar refractivity (Wildman–Crippen MR) is 119 cm³/mol. The number of pyridine rings is 1. The van der Waals surface area contributed by atoms with Gasteiger partial charge in [-0.05, 0) is 55.3 Å². The van der Waals surface area contributed by atoms with Gasteiger partial charge < -0.3 is 18.9 Å². The molecule has 0 bridgehead atoms. The van der Waals surface area contributed by atoms with Crippen molar-refractivity contribution in [3.05, 3.63) is 60.5 Å². The van der Waals surface area contributed by atoms with Crippen molar-refractivity contribution in [3.63, 3.8) is 0 Å². The Bertz CT molecular complexity index is 1280. The Morgan fingerprint density at radius 1 is 0.971 bits per heavy atom. The third-order valence-corrected chi connectivity index (χ3v) is 5.84. The molecule has 1 fully saturated rings. The van der Waals surface area contributed by atoms with Gasteiger partial charge >= 0.3 is 6.36 Å². The molecule has 0 unspecified atom stereocenters. The van der Waals surface area contributed by atoms with Crippen molar-refractivity contribution in [1.29, 1.82) is 0 Å². The van der Waals surface area contributed by atoms with Crippen LogP contribution in [0.5, 0.6) is 11.5 Å². The van der Waals surface area contributed by atoms with E-state index in [9.17, 15) is 13.2 Å². The number of alkyl halides is 3. The summed E-state index contributed by atoms with van der Waals surface area (Å²) in [5.41, 5.74) is 1.38. The Morgan fingerprint density at radius 2 is 1.74 bits per heavy atom. The molecular formula is C24H21F3N4O3. The molecule has 2 aromatic heterocycles. The van der Waals surface area contributed by atoms with Crippen LogP contribution in [0.15, 0.2) is 59.1 Å². The standard InChI is InChI=1S/C24H21F3N4O3/c1-32-19-4-2-3-15-7-10-20(28-21(15)19)31-13-11-17(12-14-31)23-29-22(30-34-23)16-5-8-18(9-6-16)33-24(25,26)27/h2-10,17H,11-14H2,1H3. The van der Waals surface area contributed by atoms with E-state index in [2.05, 4.69) is 19.8 Å². The second-order valence-corrected chi connectivity index (χ2v) is 7.99. The second-order valence-electron chi connectivity index (χ2n) is 7.99. The number of benzene rings is 2. The Balaban J connectivity index is 1.25. The van der Waals surface area contributed by atoms with Crippen LogP contribution in [0.25, 0.3) is 22.3 Å². The Labute approximate surface area is 193 Å². The zero-order valence-electron chi connectivity index (χ0n) is 18.2. The summed E-state index contributed by atoms with van der Waals surface area (Å²) in [7, 11) is 1.64. The summed E-state index contributed by atoms with van der Waals surface area (Å²) in [5.74, 6) is 2.29. The van der Waals surface area contributed by atoms with Crippen molar-refractivity contribution in [2.75, 3.05) is 25.1 Å². The monoisotopic (exact) mass is 470 g/mol. The summed E-state index contributed by atoms with van der Waals surface area (Å²) < 4.78 is 51.8. The molecule has 0 radical (unpaired) electrons. The van der Waals surface area contributed by atoms with E-state index < -0.39 is 6.36 Å². The summed E-state index contributed by atoms with van der Waals surface area (Å²) >= 11 is 0. The fourth-order valence-electron chi connectivity index (χ4n) is 4.13. The number of piperidine rings is 1. The first-order valence-corrected chi connectivity index (χ1v) is 10.8. The van der Waals surface area contributed by atoms with Crippen molar-refractivity contribution >= 4 is 16.7 Å². The number of aromatic nitrogens is 3. The minimum Gasteiger partial charge on any atom is -0.494 e. The van der Waals surface area contributed by atoms with E-state index in [-0.39, 0.29) is 11.7 Å². The molecule has 0 amide bonds. The molecule has 5 rings (SSSR count). The number of nitrogens with zero attached hydrogens (tertiary/aromatic N) is 4. The lowest BCUT2D eigenvalue weighted by Crippen LogP contribution is -2.33. The summed E-state index contributed by atoms with van der Waals surface area (Å²) in [6, 6.07) is 15.3. The highest BCUT2D eigenvalue weighted by Crippen LogP contribution is 2.32. The lowest BCUT2D eigenvalue weighted by atomic mass is 9.96. The van der Waals surface area contributed by atoms with Crippen LogP contribution in [0.1, 0.15) is 24.7 Å². The second kappa shape index (κ2) is 8.85. The maximum atomic E-state index is 12.3. The number of fused-ring (bicyclic) bond motifs is 1. The molecule has 1 saturated heterocycles. The number of hydrogen-bond donors (Lipinski definition) is 0. The van der Waals surface area contributed by atoms with Crippen LogP contribution >= 0.6 is 0 Å². The van der Waals surface area contributed by atoms with E-state index in [1.807, 2.05) is 30.3 Å². The first-order chi connectivity index (χ1) is 16.4. The molecule has 1 aliphatic rings. The minimum absolute atomic E-state index is 0.0975. The van der Waals surface area contributed by atoms with Gasteiger partial charge in [-0.2, -0.15) is 4.98 Å². The summed E-state index contributed by atoms with van der Waals surface area (Å²) in [4.78, 5) is 11.5. The average Bonchev–Trinajstić information content (AvgIpc) is 3.33.